The molecule has 5 heteroatoms. The molecule has 0 N–H and O–H groups in total. The van der Waals surface area contributed by atoms with Gasteiger partial charge in [0.25, 0.3) is 5.92 Å². The van der Waals surface area contributed by atoms with E-state index in [1.807, 2.05) is 30.3 Å². The van der Waals surface area contributed by atoms with Gasteiger partial charge in [-0.1, -0.05) is 51.4 Å². The van der Waals surface area contributed by atoms with Crippen LogP contribution in [0, 0.1) is 6.92 Å². The summed E-state index contributed by atoms with van der Waals surface area (Å²) in [5.74, 6) is -2.84. The molecular weight excluding hydrogens is 388 g/mol. The third-order valence-corrected chi connectivity index (χ3v) is 4.66. The Kier molecular flexibility index (Phi) is 5.33. The lowest BCUT2D eigenvalue weighted by molar-refractivity contribution is -0.0154. The van der Waals surface area contributed by atoms with Crippen molar-refractivity contribution in [3.63, 3.8) is 0 Å². The Bertz CT molecular complexity index is 829. The normalized spacial score (nSPS) is 11.7. The van der Waals surface area contributed by atoms with E-state index in [1.165, 1.54) is 0 Å². The van der Waals surface area contributed by atoms with Crippen LogP contribution in [0.1, 0.15) is 29.7 Å². The van der Waals surface area contributed by atoms with Gasteiger partial charge in [-0.2, -0.15) is 0 Å². The van der Waals surface area contributed by atoms with E-state index >= 15 is 0 Å². The second-order valence-electron chi connectivity index (χ2n) is 6.02. The Hall–Kier alpha value is -2.01. The standard InChI is InChI=1S/C20H18BrF2NO/c1-14-18(19(25-24-14)16-9-11-17(21)12-10-16)20(22,23)13-5-8-15-6-3-2-4-7-15/h2-4,6-7,9-12H,5,8,13H2,1H3. The first-order valence-corrected chi connectivity index (χ1v) is 8.91. The van der Waals surface area contributed by atoms with Gasteiger partial charge in [0.1, 0.15) is 0 Å². The van der Waals surface area contributed by atoms with Crippen molar-refractivity contribution in [2.45, 2.75) is 32.1 Å². The van der Waals surface area contributed by atoms with E-state index < -0.39 is 5.92 Å². The van der Waals surface area contributed by atoms with E-state index in [2.05, 4.69) is 21.1 Å². The van der Waals surface area contributed by atoms with E-state index in [1.54, 1.807) is 31.2 Å². The molecular formula is C20H18BrF2NO. The van der Waals surface area contributed by atoms with Gasteiger partial charge in [-0.3, -0.25) is 0 Å². The van der Waals surface area contributed by atoms with Gasteiger partial charge in [-0.25, -0.2) is 8.78 Å². The van der Waals surface area contributed by atoms with E-state index in [0.717, 1.165) is 10.0 Å². The second-order valence-corrected chi connectivity index (χ2v) is 6.94. The number of hydrogen-bond acceptors (Lipinski definition) is 2. The van der Waals surface area contributed by atoms with Crippen LogP contribution in [-0.4, -0.2) is 5.16 Å². The number of halogens is 3. The van der Waals surface area contributed by atoms with Crippen molar-refractivity contribution in [2.24, 2.45) is 0 Å². The first kappa shape index (κ1) is 17.8. The molecule has 25 heavy (non-hydrogen) atoms. The maximum absolute atomic E-state index is 14.9. The minimum atomic E-state index is -2.98. The molecule has 0 amide bonds. The Morgan fingerprint density at radius 3 is 2.40 bits per heavy atom. The summed E-state index contributed by atoms with van der Waals surface area (Å²) in [4.78, 5) is 0. The molecule has 3 aromatic rings. The number of nitrogens with zero attached hydrogens (tertiary/aromatic N) is 1. The van der Waals surface area contributed by atoms with E-state index in [9.17, 15) is 8.78 Å². The fourth-order valence-corrected chi connectivity index (χ4v) is 3.15. The zero-order valence-electron chi connectivity index (χ0n) is 13.8. The third-order valence-electron chi connectivity index (χ3n) is 4.13. The van der Waals surface area contributed by atoms with Crippen LogP contribution >= 0.6 is 15.9 Å². The van der Waals surface area contributed by atoms with Gasteiger partial charge in [0.2, 0.25) is 0 Å². The molecule has 0 spiro atoms. The quantitative estimate of drug-likeness (QED) is 0.465. The van der Waals surface area contributed by atoms with Gasteiger partial charge in [0, 0.05) is 16.5 Å². The molecule has 0 saturated heterocycles. The van der Waals surface area contributed by atoms with Crippen LogP contribution in [0.25, 0.3) is 11.3 Å². The lowest BCUT2D eigenvalue weighted by Crippen LogP contribution is -2.15. The molecule has 0 aliphatic heterocycles. The fourth-order valence-electron chi connectivity index (χ4n) is 2.88. The van der Waals surface area contributed by atoms with E-state index in [-0.39, 0.29) is 23.4 Å². The average molecular weight is 406 g/mol. The highest BCUT2D eigenvalue weighted by atomic mass is 79.9. The van der Waals surface area contributed by atoms with Crippen molar-refractivity contribution >= 4 is 15.9 Å². The number of hydrogen-bond donors (Lipinski definition) is 0. The molecule has 0 aliphatic carbocycles. The average Bonchev–Trinajstić information content (AvgIpc) is 2.99. The predicted octanol–water partition coefficient (Wildman–Crippen LogP) is 6.53. The molecule has 0 unspecified atom stereocenters. The Morgan fingerprint density at radius 2 is 1.72 bits per heavy atom. The molecule has 0 fully saturated rings. The van der Waals surface area contributed by atoms with Crippen molar-refractivity contribution < 1.29 is 13.3 Å². The molecule has 2 aromatic carbocycles. The number of aromatic nitrogens is 1. The van der Waals surface area contributed by atoms with Crippen molar-refractivity contribution in [2.75, 3.05) is 0 Å². The lowest BCUT2D eigenvalue weighted by Gasteiger charge is -2.17. The van der Waals surface area contributed by atoms with Gasteiger partial charge in [-0.15, -0.1) is 0 Å². The second kappa shape index (κ2) is 7.48. The van der Waals surface area contributed by atoms with Crippen molar-refractivity contribution in [1.29, 1.82) is 0 Å². The number of alkyl halides is 2. The molecule has 1 aromatic heterocycles. The van der Waals surface area contributed by atoms with Crippen LogP contribution in [0.5, 0.6) is 0 Å². The van der Waals surface area contributed by atoms with Crippen LogP contribution in [0.4, 0.5) is 8.78 Å². The van der Waals surface area contributed by atoms with Crippen LogP contribution in [0.15, 0.2) is 63.6 Å². The summed E-state index contributed by atoms with van der Waals surface area (Å²) < 4.78 is 35.8. The van der Waals surface area contributed by atoms with Gasteiger partial charge >= 0.3 is 0 Å². The molecule has 0 atom stereocenters. The summed E-state index contributed by atoms with van der Waals surface area (Å²) >= 11 is 3.34. The highest BCUT2D eigenvalue weighted by molar-refractivity contribution is 9.10. The Balaban J connectivity index is 1.79. The van der Waals surface area contributed by atoms with Gasteiger partial charge in [-0.05, 0) is 49.6 Å². The molecule has 0 aliphatic rings. The number of aryl methyl sites for hydroxylation is 2. The van der Waals surface area contributed by atoms with Crippen LogP contribution < -0.4 is 0 Å². The molecule has 0 saturated carbocycles. The first-order valence-electron chi connectivity index (χ1n) is 8.12. The zero-order chi connectivity index (χ0) is 17.9. The predicted molar refractivity (Wildman–Crippen MR) is 97.7 cm³/mol. The topological polar surface area (TPSA) is 26.0 Å². The maximum atomic E-state index is 14.9. The first-order chi connectivity index (χ1) is 12.0. The fraction of sp³-hybridized carbons (Fsp3) is 0.250. The van der Waals surface area contributed by atoms with Crippen LogP contribution in [0.3, 0.4) is 0 Å². The van der Waals surface area contributed by atoms with Gasteiger partial charge in [0.05, 0.1) is 11.3 Å². The van der Waals surface area contributed by atoms with Gasteiger partial charge < -0.3 is 4.52 Å². The third kappa shape index (κ3) is 4.15. The summed E-state index contributed by atoms with van der Waals surface area (Å²) in [6, 6.07) is 16.7. The minimum Gasteiger partial charge on any atom is -0.355 e. The smallest absolute Gasteiger partial charge is 0.278 e. The summed E-state index contributed by atoms with van der Waals surface area (Å²) in [6.45, 7) is 1.56. The Labute approximate surface area is 154 Å². The maximum Gasteiger partial charge on any atom is 0.278 e. The number of rotatable bonds is 6. The SMILES string of the molecule is Cc1noc(-c2ccc(Br)cc2)c1C(F)(F)CCCc1ccccc1. The minimum absolute atomic E-state index is 0.108. The van der Waals surface area contributed by atoms with Crippen molar-refractivity contribution in [3.8, 4) is 11.3 Å². The molecule has 130 valence electrons. The molecule has 0 bridgehead atoms. The molecule has 2 nitrogen and oxygen atoms in total. The molecule has 0 radical (unpaired) electrons. The van der Waals surface area contributed by atoms with Gasteiger partial charge in [0.15, 0.2) is 5.76 Å². The highest BCUT2D eigenvalue weighted by Gasteiger charge is 2.38. The molecule has 3 rings (SSSR count). The summed E-state index contributed by atoms with van der Waals surface area (Å²) in [6.07, 6.45) is 0.767. The van der Waals surface area contributed by atoms with Crippen molar-refractivity contribution in [3.05, 3.63) is 75.9 Å². The van der Waals surface area contributed by atoms with E-state index in [0.29, 0.717) is 18.4 Å². The van der Waals surface area contributed by atoms with Crippen molar-refractivity contribution in [1.82, 2.24) is 5.16 Å². The highest BCUT2D eigenvalue weighted by Crippen LogP contribution is 2.41. The monoisotopic (exact) mass is 405 g/mol. The zero-order valence-corrected chi connectivity index (χ0v) is 15.4. The number of benzene rings is 2. The molecule has 1 heterocycles. The van der Waals surface area contributed by atoms with Crippen LogP contribution in [0.2, 0.25) is 0 Å². The summed E-state index contributed by atoms with van der Waals surface area (Å²) in [7, 11) is 0. The Morgan fingerprint density at radius 1 is 1.04 bits per heavy atom. The summed E-state index contributed by atoms with van der Waals surface area (Å²) in [5, 5.41) is 3.78. The lowest BCUT2D eigenvalue weighted by atomic mass is 9.96. The summed E-state index contributed by atoms with van der Waals surface area (Å²) in [5.41, 5.74) is 1.79. The van der Waals surface area contributed by atoms with E-state index in [4.69, 9.17) is 4.52 Å². The van der Waals surface area contributed by atoms with Crippen LogP contribution in [-0.2, 0) is 12.3 Å². The largest absolute Gasteiger partial charge is 0.355 e.